The van der Waals surface area contributed by atoms with E-state index in [1.54, 1.807) is 25.3 Å². The second-order valence-electron chi connectivity index (χ2n) is 3.57. The normalized spacial score (nSPS) is 10.0. The van der Waals surface area contributed by atoms with Crippen LogP contribution < -0.4 is 10.1 Å². The minimum absolute atomic E-state index is 0.0940. The van der Waals surface area contributed by atoms with Crippen LogP contribution in [0.25, 0.3) is 0 Å². The second-order valence-corrected chi connectivity index (χ2v) is 3.57. The third-order valence-electron chi connectivity index (χ3n) is 2.37. The molecule has 0 spiro atoms. The summed E-state index contributed by atoms with van der Waals surface area (Å²) in [6.45, 7) is 1.74. The SMILES string of the molecule is CNc1ncnc(Oc2cccnc2C)c1[N+](=O)[O-]. The third-order valence-corrected chi connectivity index (χ3v) is 2.37. The second kappa shape index (κ2) is 5.25. The van der Waals surface area contributed by atoms with Crippen LogP contribution in [0, 0.1) is 17.0 Å². The first-order valence-corrected chi connectivity index (χ1v) is 5.40. The molecule has 8 heteroatoms. The molecule has 0 aliphatic carbocycles. The molecule has 2 aromatic heterocycles. The van der Waals surface area contributed by atoms with Crippen molar-refractivity contribution in [1.82, 2.24) is 15.0 Å². The number of aryl methyl sites for hydroxylation is 1. The van der Waals surface area contributed by atoms with E-state index in [1.165, 1.54) is 13.4 Å². The summed E-state index contributed by atoms with van der Waals surface area (Å²) in [5, 5.41) is 13.7. The van der Waals surface area contributed by atoms with Crippen molar-refractivity contribution in [3.05, 3.63) is 40.5 Å². The topological polar surface area (TPSA) is 103 Å². The lowest BCUT2D eigenvalue weighted by Gasteiger charge is -2.08. The van der Waals surface area contributed by atoms with Crippen LogP contribution in [0.2, 0.25) is 0 Å². The van der Waals surface area contributed by atoms with E-state index in [9.17, 15) is 10.1 Å². The summed E-state index contributed by atoms with van der Waals surface area (Å²) >= 11 is 0. The Morgan fingerprint density at radius 3 is 2.79 bits per heavy atom. The molecule has 2 rings (SSSR count). The van der Waals surface area contributed by atoms with Crippen molar-refractivity contribution in [1.29, 1.82) is 0 Å². The van der Waals surface area contributed by atoms with Crippen LogP contribution in [0.5, 0.6) is 11.6 Å². The number of hydrogen-bond acceptors (Lipinski definition) is 7. The molecule has 2 aromatic rings. The van der Waals surface area contributed by atoms with E-state index in [2.05, 4.69) is 20.3 Å². The van der Waals surface area contributed by atoms with Crippen molar-refractivity contribution < 1.29 is 9.66 Å². The van der Waals surface area contributed by atoms with Crippen molar-refractivity contribution >= 4 is 11.5 Å². The lowest BCUT2D eigenvalue weighted by molar-refractivity contribution is -0.385. The monoisotopic (exact) mass is 261 g/mol. The van der Waals surface area contributed by atoms with Gasteiger partial charge in [-0.25, -0.2) is 4.98 Å². The predicted octanol–water partition coefficient (Wildman–Crippen LogP) is 1.92. The number of ether oxygens (including phenoxy) is 1. The maximum atomic E-state index is 11.1. The van der Waals surface area contributed by atoms with Gasteiger partial charge < -0.3 is 10.1 Å². The van der Waals surface area contributed by atoms with Gasteiger partial charge in [0, 0.05) is 13.2 Å². The number of anilines is 1. The van der Waals surface area contributed by atoms with E-state index in [4.69, 9.17) is 4.74 Å². The van der Waals surface area contributed by atoms with Crippen LogP contribution in [0.1, 0.15) is 5.69 Å². The number of nitrogens with zero attached hydrogens (tertiary/aromatic N) is 4. The fourth-order valence-electron chi connectivity index (χ4n) is 1.47. The molecule has 0 aliphatic rings. The molecule has 0 saturated carbocycles. The molecule has 2 heterocycles. The van der Waals surface area contributed by atoms with Gasteiger partial charge >= 0.3 is 11.6 Å². The highest BCUT2D eigenvalue weighted by Crippen LogP contribution is 2.34. The van der Waals surface area contributed by atoms with Crippen molar-refractivity contribution in [2.75, 3.05) is 12.4 Å². The summed E-state index contributed by atoms with van der Waals surface area (Å²) in [4.78, 5) is 22.1. The third kappa shape index (κ3) is 2.57. The van der Waals surface area contributed by atoms with Gasteiger partial charge in [0.15, 0.2) is 5.75 Å². The average Bonchev–Trinajstić information content (AvgIpc) is 2.40. The lowest BCUT2D eigenvalue weighted by atomic mass is 10.3. The molecule has 0 aliphatic heterocycles. The molecule has 1 N–H and O–H groups in total. The number of hydrogen-bond donors (Lipinski definition) is 1. The first-order chi connectivity index (χ1) is 9.13. The molecule has 0 bridgehead atoms. The molecule has 19 heavy (non-hydrogen) atoms. The van der Waals surface area contributed by atoms with Crippen molar-refractivity contribution in [3.8, 4) is 11.6 Å². The minimum atomic E-state index is -0.590. The first kappa shape index (κ1) is 12.7. The Balaban J connectivity index is 2.46. The lowest BCUT2D eigenvalue weighted by Crippen LogP contribution is -2.03. The van der Waals surface area contributed by atoms with Gasteiger partial charge in [-0.3, -0.25) is 15.1 Å². The highest BCUT2D eigenvalue weighted by Gasteiger charge is 2.24. The molecule has 0 saturated heterocycles. The van der Waals surface area contributed by atoms with E-state index in [0.717, 1.165) is 0 Å². The van der Waals surface area contributed by atoms with Gasteiger partial charge in [0.1, 0.15) is 6.33 Å². The highest BCUT2D eigenvalue weighted by molar-refractivity contribution is 5.61. The van der Waals surface area contributed by atoms with Crippen LogP contribution >= 0.6 is 0 Å². The zero-order chi connectivity index (χ0) is 13.8. The highest BCUT2D eigenvalue weighted by atomic mass is 16.6. The van der Waals surface area contributed by atoms with Crippen LogP contribution in [-0.4, -0.2) is 26.9 Å². The molecule has 0 radical (unpaired) electrons. The van der Waals surface area contributed by atoms with Crippen LogP contribution in [-0.2, 0) is 0 Å². The summed E-state index contributed by atoms with van der Waals surface area (Å²) in [6, 6.07) is 3.33. The number of aromatic nitrogens is 3. The largest absolute Gasteiger partial charge is 0.432 e. The van der Waals surface area contributed by atoms with Crippen molar-refractivity contribution in [2.24, 2.45) is 0 Å². The predicted molar refractivity (Wildman–Crippen MR) is 67.3 cm³/mol. The fourth-order valence-corrected chi connectivity index (χ4v) is 1.47. The van der Waals surface area contributed by atoms with Gasteiger partial charge in [-0.2, -0.15) is 4.98 Å². The van der Waals surface area contributed by atoms with Gasteiger partial charge in [0.2, 0.25) is 5.82 Å². The number of pyridine rings is 1. The minimum Gasteiger partial charge on any atom is -0.432 e. The van der Waals surface area contributed by atoms with Gasteiger partial charge in [0.25, 0.3) is 0 Å². The Labute approximate surface area is 108 Å². The number of rotatable bonds is 4. The van der Waals surface area contributed by atoms with E-state index >= 15 is 0 Å². The Morgan fingerprint density at radius 1 is 1.37 bits per heavy atom. The fraction of sp³-hybridized carbons (Fsp3) is 0.182. The zero-order valence-electron chi connectivity index (χ0n) is 10.3. The summed E-state index contributed by atoms with van der Waals surface area (Å²) in [6.07, 6.45) is 2.80. The Kier molecular flexibility index (Phi) is 3.51. The standard InChI is InChI=1S/C11H11N5O3/c1-7-8(4-3-5-13-7)19-11-9(16(17)18)10(12-2)14-6-15-11/h3-6H,1-2H3,(H,12,14,15). The molecular weight excluding hydrogens is 250 g/mol. The van der Waals surface area contributed by atoms with Crippen molar-refractivity contribution in [2.45, 2.75) is 6.92 Å². The van der Waals surface area contributed by atoms with E-state index < -0.39 is 4.92 Å². The van der Waals surface area contributed by atoms with Gasteiger partial charge in [-0.15, -0.1) is 0 Å². The molecule has 0 unspecified atom stereocenters. The summed E-state index contributed by atoms with van der Waals surface area (Å²) in [5.74, 6) is 0.378. The van der Waals surface area contributed by atoms with Crippen LogP contribution in [0.15, 0.2) is 24.7 Å². The summed E-state index contributed by atoms with van der Waals surface area (Å²) < 4.78 is 5.45. The zero-order valence-corrected chi connectivity index (χ0v) is 10.3. The first-order valence-electron chi connectivity index (χ1n) is 5.40. The molecule has 0 amide bonds. The number of nitro groups is 1. The van der Waals surface area contributed by atoms with Crippen LogP contribution in [0.3, 0.4) is 0 Å². The smallest absolute Gasteiger partial charge is 0.373 e. The van der Waals surface area contributed by atoms with E-state index in [-0.39, 0.29) is 17.4 Å². The maximum Gasteiger partial charge on any atom is 0.373 e. The quantitative estimate of drug-likeness (QED) is 0.662. The van der Waals surface area contributed by atoms with E-state index in [1.807, 2.05) is 0 Å². The molecule has 98 valence electrons. The molecule has 0 fully saturated rings. The number of nitrogens with one attached hydrogen (secondary N) is 1. The Bertz CT molecular complexity index is 617. The van der Waals surface area contributed by atoms with Crippen LogP contribution in [0.4, 0.5) is 11.5 Å². The van der Waals surface area contributed by atoms with Gasteiger partial charge in [-0.1, -0.05) is 0 Å². The van der Waals surface area contributed by atoms with Crippen molar-refractivity contribution in [3.63, 3.8) is 0 Å². The maximum absolute atomic E-state index is 11.1. The van der Waals surface area contributed by atoms with E-state index in [0.29, 0.717) is 11.4 Å². The van der Waals surface area contributed by atoms with Gasteiger partial charge in [-0.05, 0) is 19.1 Å². The van der Waals surface area contributed by atoms with Gasteiger partial charge in [0.05, 0.1) is 10.6 Å². The Morgan fingerprint density at radius 2 is 2.16 bits per heavy atom. The molecule has 8 nitrogen and oxygen atoms in total. The molecule has 0 aromatic carbocycles. The summed E-state index contributed by atoms with van der Waals surface area (Å²) in [5.41, 5.74) is 0.301. The Hall–Kier alpha value is -2.77. The summed E-state index contributed by atoms with van der Waals surface area (Å²) in [7, 11) is 1.54. The molecular formula is C11H11N5O3. The average molecular weight is 261 g/mol. The molecule has 0 atom stereocenters.